The molecule has 0 fully saturated rings. The molecule has 0 aliphatic heterocycles. The van der Waals surface area contributed by atoms with E-state index in [1.54, 1.807) is 47.7 Å². The van der Waals surface area contributed by atoms with Gasteiger partial charge in [0.05, 0.1) is 26.9 Å². The fourth-order valence-corrected chi connectivity index (χ4v) is 3.35. The molecule has 1 aliphatic rings. The maximum absolute atomic E-state index is 11.3. The number of phenols is 1. The molecule has 27 heavy (non-hydrogen) atoms. The fourth-order valence-electron chi connectivity index (χ4n) is 3.35. The zero-order valence-electron chi connectivity index (χ0n) is 16.4. The lowest BCUT2D eigenvalue weighted by Gasteiger charge is -2.20. The van der Waals surface area contributed by atoms with Crippen molar-refractivity contribution in [3.8, 4) is 34.1 Å². The van der Waals surface area contributed by atoms with E-state index in [0.717, 1.165) is 41.5 Å². The summed E-state index contributed by atoms with van der Waals surface area (Å²) in [5.41, 5.74) is 4.11. The zero-order valence-corrected chi connectivity index (χ0v) is 16.4. The topological polar surface area (TPSA) is 74.2 Å². The number of aromatic hydroxyl groups is 1. The average Bonchev–Trinajstić information content (AvgIpc) is 2.84. The number of fused-ring (bicyclic) bond motifs is 3. The molecule has 146 valence electrons. The second-order valence-corrected chi connectivity index (χ2v) is 6.13. The van der Waals surface area contributed by atoms with E-state index in [2.05, 4.69) is 4.74 Å². The maximum Gasteiger partial charge on any atom is 0.203 e. The first-order valence-corrected chi connectivity index (χ1v) is 8.59. The highest BCUT2D eigenvalue weighted by molar-refractivity contribution is 5.88. The standard InChI is InChI=1S/C19H20O5.C2H6O/c1-22-16-9-12-6-4-5-11-8-15(21)13(10-20)7-14(11)17(12)19(24-3)18(16)23-2;1-3-2/h7-10,21H,4-6H2,1-3H3;1-2H3. The predicted octanol–water partition coefficient (Wildman–Crippen LogP) is 3.65. The summed E-state index contributed by atoms with van der Waals surface area (Å²) in [6.07, 6.45) is 3.24. The Labute approximate surface area is 159 Å². The van der Waals surface area contributed by atoms with Crippen molar-refractivity contribution in [2.45, 2.75) is 19.3 Å². The first kappa shape index (κ1) is 20.6. The molecule has 0 bridgehead atoms. The van der Waals surface area contributed by atoms with Gasteiger partial charge in [0, 0.05) is 19.8 Å². The molecule has 0 amide bonds. The van der Waals surface area contributed by atoms with Crippen LogP contribution in [0.3, 0.4) is 0 Å². The fraction of sp³-hybridized carbons (Fsp3) is 0.381. The molecule has 6 heteroatoms. The summed E-state index contributed by atoms with van der Waals surface area (Å²) in [6, 6.07) is 5.35. The van der Waals surface area contributed by atoms with Crippen molar-refractivity contribution in [1.29, 1.82) is 0 Å². The van der Waals surface area contributed by atoms with Gasteiger partial charge in [-0.2, -0.15) is 0 Å². The average molecular weight is 374 g/mol. The van der Waals surface area contributed by atoms with Crippen molar-refractivity contribution >= 4 is 6.29 Å². The van der Waals surface area contributed by atoms with Crippen molar-refractivity contribution in [3.63, 3.8) is 0 Å². The van der Waals surface area contributed by atoms with Gasteiger partial charge in [-0.15, -0.1) is 0 Å². The van der Waals surface area contributed by atoms with Crippen LogP contribution in [-0.2, 0) is 17.6 Å². The lowest BCUT2D eigenvalue weighted by Crippen LogP contribution is -2.01. The Hall–Kier alpha value is -2.73. The molecule has 0 spiro atoms. The molecule has 0 heterocycles. The first-order chi connectivity index (χ1) is 13.1. The molecule has 6 nitrogen and oxygen atoms in total. The molecule has 0 atom stereocenters. The molecule has 1 N–H and O–H groups in total. The molecule has 0 saturated heterocycles. The van der Waals surface area contributed by atoms with Crippen molar-refractivity contribution < 1.29 is 28.8 Å². The summed E-state index contributed by atoms with van der Waals surface area (Å²) in [7, 11) is 8.00. The van der Waals surface area contributed by atoms with Crippen LogP contribution in [0.2, 0.25) is 0 Å². The number of hydrogen-bond donors (Lipinski definition) is 1. The highest BCUT2D eigenvalue weighted by Crippen LogP contribution is 2.49. The lowest BCUT2D eigenvalue weighted by atomic mass is 9.93. The van der Waals surface area contributed by atoms with Crippen LogP contribution in [0.1, 0.15) is 27.9 Å². The highest BCUT2D eigenvalue weighted by atomic mass is 16.5. The van der Waals surface area contributed by atoms with E-state index in [9.17, 15) is 9.90 Å². The van der Waals surface area contributed by atoms with Crippen molar-refractivity contribution in [1.82, 2.24) is 0 Å². The zero-order chi connectivity index (χ0) is 20.0. The number of hydrogen-bond acceptors (Lipinski definition) is 6. The number of aryl methyl sites for hydroxylation is 2. The number of rotatable bonds is 4. The van der Waals surface area contributed by atoms with Crippen LogP contribution in [0.25, 0.3) is 11.1 Å². The van der Waals surface area contributed by atoms with Crippen molar-refractivity contribution in [2.75, 3.05) is 35.5 Å². The van der Waals surface area contributed by atoms with Crippen LogP contribution in [0.5, 0.6) is 23.0 Å². The van der Waals surface area contributed by atoms with E-state index in [1.807, 2.05) is 6.07 Å². The normalized spacial score (nSPS) is 11.9. The molecule has 3 rings (SSSR count). The number of ether oxygens (including phenoxy) is 4. The van der Waals surface area contributed by atoms with Crippen molar-refractivity contribution in [2.24, 2.45) is 0 Å². The Morgan fingerprint density at radius 1 is 0.889 bits per heavy atom. The minimum Gasteiger partial charge on any atom is -0.507 e. The van der Waals surface area contributed by atoms with Gasteiger partial charge in [-0.25, -0.2) is 0 Å². The summed E-state index contributed by atoms with van der Waals surface area (Å²) >= 11 is 0. The van der Waals surface area contributed by atoms with Crippen LogP contribution >= 0.6 is 0 Å². The lowest BCUT2D eigenvalue weighted by molar-refractivity contribution is 0.112. The Morgan fingerprint density at radius 3 is 2.07 bits per heavy atom. The maximum atomic E-state index is 11.3. The number of aldehydes is 1. The van der Waals surface area contributed by atoms with Crippen molar-refractivity contribution in [3.05, 3.63) is 34.9 Å². The van der Waals surface area contributed by atoms with Crippen LogP contribution in [0.15, 0.2) is 18.2 Å². The van der Waals surface area contributed by atoms with E-state index in [1.165, 1.54) is 0 Å². The van der Waals surface area contributed by atoms with Gasteiger partial charge >= 0.3 is 0 Å². The van der Waals surface area contributed by atoms with Gasteiger partial charge in [0.25, 0.3) is 0 Å². The van der Waals surface area contributed by atoms with E-state index < -0.39 is 0 Å². The van der Waals surface area contributed by atoms with Crippen LogP contribution in [0, 0.1) is 0 Å². The molecule has 0 radical (unpaired) electrons. The molecular formula is C21H26O6. The van der Waals surface area contributed by atoms with E-state index in [0.29, 0.717) is 23.5 Å². The van der Waals surface area contributed by atoms with Crippen LogP contribution < -0.4 is 14.2 Å². The minimum absolute atomic E-state index is 0.00615. The SMILES string of the molecule is COC.COc1cc2c(c(OC)c1OC)-c1cc(C=O)c(O)cc1CCC2. The van der Waals surface area contributed by atoms with Crippen LogP contribution in [-0.4, -0.2) is 46.9 Å². The largest absolute Gasteiger partial charge is 0.507 e. The Kier molecular flexibility index (Phi) is 7.07. The quantitative estimate of drug-likeness (QED) is 0.824. The molecule has 2 aromatic rings. The van der Waals surface area contributed by atoms with Gasteiger partial charge in [-0.3, -0.25) is 4.79 Å². The molecule has 1 aliphatic carbocycles. The van der Waals surface area contributed by atoms with Gasteiger partial charge in [0.1, 0.15) is 5.75 Å². The van der Waals surface area contributed by atoms with E-state index in [-0.39, 0.29) is 11.3 Å². The summed E-state index contributed by atoms with van der Waals surface area (Å²) in [5.74, 6) is 1.72. The number of carbonyl (C=O) groups excluding carboxylic acids is 1. The third-order valence-electron chi connectivity index (χ3n) is 4.45. The number of methoxy groups -OCH3 is 4. The number of carbonyl (C=O) groups is 1. The Bertz CT molecular complexity index is 813. The van der Waals surface area contributed by atoms with Gasteiger partial charge in [-0.1, -0.05) is 0 Å². The first-order valence-electron chi connectivity index (χ1n) is 8.59. The summed E-state index contributed by atoms with van der Waals surface area (Å²) in [5, 5.41) is 10.0. The summed E-state index contributed by atoms with van der Waals surface area (Å²) < 4.78 is 20.8. The van der Waals surface area contributed by atoms with E-state index in [4.69, 9.17) is 14.2 Å². The molecule has 0 aromatic heterocycles. The second kappa shape index (κ2) is 9.28. The monoisotopic (exact) mass is 374 g/mol. The Balaban J connectivity index is 0.000000817. The van der Waals surface area contributed by atoms with Gasteiger partial charge < -0.3 is 24.1 Å². The summed E-state index contributed by atoms with van der Waals surface area (Å²) in [6.45, 7) is 0. The molecule has 0 saturated carbocycles. The minimum atomic E-state index is 0.00615. The third-order valence-corrected chi connectivity index (χ3v) is 4.45. The highest BCUT2D eigenvalue weighted by Gasteiger charge is 2.26. The number of phenolic OH excluding ortho intramolecular Hbond substituents is 1. The molecule has 0 unspecified atom stereocenters. The second-order valence-electron chi connectivity index (χ2n) is 6.13. The molecular weight excluding hydrogens is 348 g/mol. The predicted molar refractivity (Wildman–Crippen MR) is 104 cm³/mol. The van der Waals surface area contributed by atoms with Gasteiger partial charge in [0.2, 0.25) is 5.75 Å². The van der Waals surface area contributed by atoms with Gasteiger partial charge in [0.15, 0.2) is 17.8 Å². The summed E-state index contributed by atoms with van der Waals surface area (Å²) in [4.78, 5) is 11.3. The van der Waals surface area contributed by atoms with Crippen LogP contribution in [0.4, 0.5) is 0 Å². The van der Waals surface area contributed by atoms with Gasteiger partial charge in [-0.05, 0) is 54.2 Å². The van der Waals surface area contributed by atoms with E-state index >= 15 is 0 Å². The third kappa shape index (κ3) is 4.01. The smallest absolute Gasteiger partial charge is 0.203 e. The Morgan fingerprint density at radius 2 is 1.52 bits per heavy atom. The number of benzene rings is 2. The molecule has 2 aromatic carbocycles.